The van der Waals surface area contributed by atoms with Crippen molar-refractivity contribution in [3.8, 4) is 5.75 Å². The van der Waals surface area contributed by atoms with Crippen LogP contribution in [0.4, 0.5) is 0 Å². The minimum atomic E-state index is -0.353. The summed E-state index contributed by atoms with van der Waals surface area (Å²) in [6.07, 6.45) is 3.00. The van der Waals surface area contributed by atoms with E-state index >= 15 is 0 Å². The van der Waals surface area contributed by atoms with Crippen molar-refractivity contribution >= 4 is 5.97 Å². The van der Waals surface area contributed by atoms with Crippen LogP contribution in [0.5, 0.6) is 5.75 Å². The third kappa shape index (κ3) is 3.84. The zero-order valence-electron chi connectivity index (χ0n) is 12.6. The van der Waals surface area contributed by atoms with Gasteiger partial charge in [0.25, 0.3) is 0 Å². The largest absolute Gasteiger partial charge is 0.487 e. The summed E-state index contributed by atoms with van der Waals surface area (Å²) in [4.78, 5) is 11.3. The van der Waals surface area contributed by atoms with Crippen LogP contribution < -0.4 is 4.74 Å². The van der Waals surface area contributed by atoms with E-state index in [0.717, 1.165) is 12.1 Å². The van der Waals surface area contributed by atoms with E-state index in [4.69, 9.17) is 4.74 Å². The van der Waals surface area contributed by atoms with Crippen LogP contribution in [0, 0.1) is 0 Å². The van der Waals surface area contributed by atoms with Gasteiger partial charge in [0.15, 0.2) is 0 Å². The number of nitrogens with zero attached hydrogens (tertiary/aromatic N) is 2. The molecule has 1 heterocycles. The lowest BCUT2D eigenvalue weighted by Crippen LogP contribution is -2.06. The van der Waals surface area contributed by atoms with Crippen LogP contribution in [0.2, 0.25) is 0 Å². The molecule has 0 aliphatic carbocycles. The number of carbonyl (C=O) groups excluding carboxylic acids is 1. The molecule has 1 unspecified atom stereocenters. The lowest BCUT2D eigenvalue weighted by atomic mass is 10.2. The van der Waals surface area contributed by atoms with Crippen LogP contribution in [0.1, 0.15) is 42.4 Å². The fourth-order valence-corrected chi connectivity index (χ4v) is 1.85. The van der Waals surface area contributed by atoms with Crippen molar-refractivity contribution in [3.63, 3.8) is 0 Å². The van der Waals surface area contributed by atoms with E-state index < -0.39 is 0 Å². The predicted octanol–water partition coefficient (Wildman–Crippen LogP) is 3.22. The summed E-state index contributed by atoms with van der Waals surface area (Å²) >= 11 is 0. The quantitative estimate of drug-likeness (QED) is 0.766. The Balaban J connectivity index is 1.93. The molecule has 5 heteroatoms. The van der Waals surface area contributed by atoms with Crippen molar-refractivity contribution in [1.29, 1.82) is 0 Å². The van der Waals surface area contributed by atoms with Crippen molar-refractivity contribution in [2.45, 2.75) is 32.9 Å². The number of aromatic nitrogens is 2. The first-order valence-corrected chi connectivity index (χ1v) is 6.99. The maximum atomic E-state index is 11.3. The number of rotatable bonds is 6. The van der Waals surface area contributed by atoms with Crippen molar-refractivity contribution in [2.75, 3.05) is 7.11 Å². The molecule has 1 atom stereocenters. The summed E-state index contributed by atoms with van der Waals surface area (Å²) in [6, 6.07) is 9.20. The molecule has 0 bridgehead atoms. The van der Waals surface area contributed by atoms with Gasteiger partial charge in [-0.1, -0.05) is 6.92 Å². The minimum absolute atomic E-state index is 0.353. The smallest absolute Gasteiger partial charge is 0.337 e. The molecule has 0 saturated carbocycles. The zero-order valence-corrected chi connectivity index (χ0v) is 12.6. The third-order valence-corrected chi connectivity index (χ3v) is 3.37. The molecule has 0 aliphatic heterocycles. The van der Waals surface area contributed by atoms with Gasteiger partial charge < -0.3 is 9.47 Å². The van der Waals surface area contributed by atoms with Gasteiger partial charge >= 0.3 is 5.97 Å². The van der Waals surface area contributed by atoms with Crippen molar-refractivity contribution in [1.82, 2.24) is 9.78 Å². The molecule has 0 fully saturated rings. The van der Waals surface area contributed by atoms with Gasteiger partial charge in [-0.3, -0.25) is 4.68 Å². The Morgan fingerprint density at radius 3 is 2.62 bits per heavy atom. The minimum Gasteiger partial charge on any atom is -0.487 e. The molecule has 112 valence electrons. The van der Waals surface area contributed by atoms with Gasteiger partial charge in [0.2, 0.25) is 0 Å². The van der Waals surface area contributed by atoms with Crippen LogP contribution in [-0.2, 0) is 11.3 Å². The topological polar surface area (TPSA) is 53.4 Å². The van der Waals surface area contributed by atoms with Crippen LogP contribution in [0.3, 0.4) is 0 Å². The van der Waals surface area contributed by atoms with Gasteiger partial charge in [0, 0.05) is 12.2 Å². The van der Waals surface area contributed by atoms with Crippen molar-refractivity contribution in [3.05, 3.63) is 47.8 Å². The normalized spacial score (nSPS) is 12.0. The molecular weight excluding hydrogens is 268 g/mol. The van der Waals surface area contributed by atoms with E-state index in [2.05, 4.69) is 23.7 Å². The van der Waals surface area contributed by atoms with Gasteiger partial charge in [-0.15, -0.1) is 0 Å². The van der Waals surface area contributed by atoms with Crippen LogP contribution >= 0.6 is 0 Å². The number of benzene rings is 1. The molecule has 0 radical (unpaired) electrons. The summed E-state index contributed by atoms with van der Waals surface area (Å²) in [5.41, 5.74) is 1.39. The molecule has 1 aromatic carbocycles. The highest BCUT2D eigenvalue weighted by Crippen LogP contribution is 2.15. The molecule has 0 amide bonds. The number of carbonyl (C=O) groups is 1. The maximum Gasteiger partial charge on any atom is 0.337 e. The second kappa shape index (κ2) is 6.92. The first-order chi connectivity index (χ1) is 10.1. The second-order valence-electron chi connectivity index (χ2n) is 4.85. The predicted molar refractivity (Wildman–Crippen MR) is 79.3 cm³/mol. The van der Waals surface area contributed by atoms with Crippen molar-refractivity contribution in [2.24, 2.45) is 0 Å². The van der Waals surface area contributed by atoms with Crippen molar-refractivity contribution < 1.29 is 14.3 Å². The summed E-state index contributed by atoms with van der Waals surface area (Å²) < 4.78 is 12.3. The fourth-order valence-electron chi connectivity index (χ4n) is 1.85. The van der Waals surface area contributed by atoms with Crippen LogP contribution in [-0.4, -0.2) is 22.9 Å². The Bertz CT molecular complexity index is 590. The molecule has 2 aromatic rings. The van der Waals surface area contributed by atoms with E-state index in [-0.39, 0.29) is 5.97 Å². The number of ether oxygens (including phenoxy) is 2. The fraction of sp³-hybridized carbons (Fsp3) is 0.375. The van der Waals surface area contributed by atoms with E-state index in [1.807, 2.05) is 16.9 Å². The highest BCUT2D eigenvalue weighted by Gasteiger charge is 2.07. The van der Waals surface area contributed by atoms with Crippen LogP contribution in [0.15, 0.2) is 36.5 Å². The summed E-state index contributed by atoms with van der Waals surface area (Å²) in [6.45, 7) is 4.66. The average Bonchev–Trinajstić information content (AvgIpc) is 3.01. The Morgan fingerprint density at radius 2 is 2.00 bits per heavy atom. The molecule has 2 rings (SSSR count). The molecule has 0 N–H and O–H groups in total. The first-order valence-electron chi connectivity index (χ1n) is 6.99. The van der Waals surface area contributed by atoms with Gasteiger partial charge in [0.1, 0.15) is 12.4 Å². The molecule has 5 nitrogen and oxygen atoms in total. The van der Waals surface area contributed by atoms with Gasteiger partial charge in [-0.2, -0.15) is 5.10 Å². The number of hydrogen-bond donors (Lipinski definition) is 0. The average molecular weight is 288 g/mol. The second-order valence-corrected chi connectivity index (χ2v) is 4.85. The standard InChI is InChI=1S/C16H20N2O3/c1-4-12(2)18-10-9-14(17-18)11-21-15-7-5-13(6-8-15)16(19)20-3/h5-10,12H,4,11H2,1-3H3. The third-order valence-electron chi connectivity index (χ3n) is 3.37. The van der Waals surface area contributed by atoms with Gasteiger partial charge in [-0.25, -0.2) is 4.79 Å². The van der Waals surface area contributed by atoms with E-state index in [1.54, 1.807) is 24.3 Å². The Kier molecular flexibility index (Phi) is 4.98. The SMILES string of the molecule is CCC(C)n1ccc(COc2ccc(C(=O)OC)cc2)n1. The molecule has 21 heavy (non-hydrogen) atoms. The molecule has 0 spiro atoms. The Hall–Kier alpha value is -2.30. The number of methoxy groups -OCH3 is 1. The summed E-state index contributed by atoms with van der Waals surface area (Å²) in [7, 11) is 1.36. The highest BCUT2D eigenvalue weighted by atomic mass is 16.5. The first kappa shape index (κ1) is 15.1. The van der Waals surface area contributed by atoms with E-state index in [1.165, 1.54) is 7.11 Å². The molecule has 0 saturated heterocycles. The summed E-state index contributed by atoms with van der Waals surface area (Å²) in [5.74, 6) is 0.342. The van der Waals surface area contributed by atoms with Crippen LogP contribution in [0.25, 0.3) is 0 Å². The maximum absolute atomic E-state index is 11.3. The lowest BCUT2D eigenvalue weighted by Gasteiger charge is -2.08. The van der Waals surface area contributed by atoms with E-state index in [9.17, 15) is 4.79 Å². The highest BCUT2D eigenvalue weighted by molar-refractivity contribution is 5.89. The zero-order chi connectivity index (χ0) is 15.2. The van der Waals surface area contributed by atoms with E-state index in [0.29, 0.717) is 24.0 Å². The molecule has 1 aromatic heterocycles. The Morgan fingerprint density at radius 1 is 1.29 bits per heavy atom. The Labute approximate surface area is 124 Å². The molecule has 0 aliphatic rings. The number of hydrogen-bond acceptors (Lipinski definition) is 4. The van der Waals surface area contributed by atoms with Gasteiger partial charge in [-0.05, 0) is 43.7 Å². The van der Waals surface area contributed by atoms with Gasteiger partial charge in [0.05, 0.1) is 18.4 Å². The molecular formula is C16H20N2O3. The number of esters is 1. The monoisotopic (exact) mass is 288 g/mol. The summed E-state index contributed by atoms with van der Waals surface area (Å²) in [5, 5.41) is 4.47. The lowest BCUT2D eigenvalue weighted by molar-refractivity contribution is 0.0600.